The van der Waals surface area contributed by atoms with E-state index in [4.69, 9.17) is 4.98 Å². The SMILES string of the molecule is O=C1c2ccccc2N[C@@H](c2csc(-c3ccc(F)cc3)n2)N1C1CC1. The summed E-state index contributed by atoms with van der Waals surface area (Å²) in [5.74, 6) is -0.204. The zero-order valence-electron chi connectivity index (χ0n) is 13.9. The molecule has 1 atom stereocenters. The number of aromatic nitrogens is 1. The van der Waals surface area contributed by atoms with Crippen molar-refractivity contribution >= 4 is 22.9 Å². The highest BCUT2D eigenvalue weighted by atomic mass is 32.1. The van der Waals surface area contributed by atoms with E-state index in [0.717, 1.165) is 34.8 Å². The molecule has 4 nitrogen and oxygen atoms in total. The Hall–Kier alpha value is -2.73. The Bertz CT molecular complexity index is 981. The number of nitrogens with one attached hydrogen (secondary N) is 1. The molecule has 0 bridgehead atoms. The van der Waals surface area contributed by atoms with Crippen LogP contribution in [0.15, 0.2) is 53.9 Å². The molecule has 1 saturated carbocycles. The van der Waals surface area contributed by atoms with Crippen LogP contribution in [-0.2, 0) is 0 Å². The summed E-state index contributed by atoms with van der Waals surface area (Å²) in [6, 6.07) is 14.2. The number of carbonyl (C=O) groups is 1. The summed E-state index contributed by atoms with van der Waals surface area (Å²) >= 11 is 1.51. The van der Waals surface area contributed by atoms with Crippen molar-refractivity contribution in [3.05, 3.63) is 71.0 Å². The van der Waals surface area contributed by atoms with Crippen molar-refractivity contribution < 1.29 is 9.18 Å². The van der Waals surface area contributed by atoms with Crippen molar-refractivity contribution in [3.63, 3.8) is 0 Å². The first-order valence-corrected chi connectivity index (χ1v) is 9.48. The molecule has 1 aromatic heterocycles. The van der Waals surface area contributed by atoms with Gasteiger partial charge in [-0.15, -0.1) is 11.3 Å². The maximum absolute atomic E-state index is 13.2. The first kappa shape index (κ1) is 15.5. The molecule has 5 rings (SSSR count). The minimum Gasteiger partial charge on any atom is -0.359 e. The van der Waals surface area contributed by atoms with Crippen LogP contribution >= 0.6 is 11.3 Å². The number of fused-ring (bicyclic) bond motifs is 1. The number of amides is 1. The average molecular weight is 365 g/mol. The zero-order chi connectivity index (χ0) is 17.7. The summed E-state index contributed by atoms with van der Waals surface area (Å²) in [6.45, 7) is 0. The summed E-state index contributed by atoms with van der Waals surface area (Å²) in [7, 11) is 0. The molecule has 1 N–H and O–H groups in total. The highest BCUT2D eigenvalue weighted by Gasteiger charge is 2.42. The van der Waals surface area contributed by atoms with E-state index in [1.807, 2.05) is 34.5 Å². The standard InChI is InChI=1S/C20H16FN3OS/c21-13-7-5-12(6-8-13)19-23-17(11-26-19)18-22-16-4-2-1-3-15(16)20(25)24(18)14-9-10-14/h1-8,11,14,18,22H,9-10H2/t18-/m1/s1. The molecule has 1 fully saturated rings. The number of para-hydroxylation sites is 1. The Labute approximate surface area is 154 Å². The Morgan fingerprint density at radius 3 is 2.65 bits per heavy atom. The van der Waals surface area contributed by atoms with Crippen molar-refractivity contribution in [1.82, 2.24) is 9.88 Å². The predicted octanol–water partition coefficient (Wildman–Crippen LogP) is 4.68. The lowest BCUT2D eigenvalue weighted by atomic mass is 10.1. The van der Waals surface area contributed by atoms with E-state index in [-0.39, 0.29) is 23.9 Å². The fraction of sp³-hybridized carbons (Fsp3) is 0.200. The van der Waals surface area contributed by atoms with Crippen LogP contribution in [0.25, 0.3) is 10.6 Å². The Balaban J connectivity index is 1.52. The van der Waals surface area contributed by atoms with Crippen molar-refractivity contribution in [2.75, 3.05) is 5.32 Å². The lowest BCUT2D eigenvalue weighted by molar-refractivity contribution is 0.0663. The maximum Gasteiger partial charge on any atom is 0.258 e. The van der Waals surface area contributed by atoms with Crippen molar-refractivity contribution in [1.29, 1.82) is 0 Å². The number of thiazole rings is 1. The van der Waals surface area contributed by atoms with Gasteiger partial charge in [-0.3, -0.25) is 4.79 Å². The zero-order valence-corrected chi connectivity index (χ0v) is 14.7. The van der Waals surface area contributed by atoms with Gasteiger partial charge in [0.1, 0.15) is 17.0 Å². The minimum absolute atomic E-state index is 0.0585. The van der Waals surface area contributed by atoms with Crippen molar-refractivity contribution in [3.8, 4) is 10.6 Å². The van der Waals surface area contributed by atoms with Crippen LogP contribution in [0.4, 0.5) is 10.1 Å². The fourth-order valence-corrected chi connectivity index (χ4v) is 4.20. The van der Waals surface area contributed by atoms with Gasteiger partial charge in [0.15, 0.2) is 0 Å². The molecule has 26 heavy (non-hydrogen) atoms. The van der Waals surface area contributed by atoms with E-state index in [1.165, 1.54) is 23.5 Å². The second-order valence-electron chi connectivity index (χ2n) is 6.62. The van der Waals surface area contributed by atoms with Crippen molar-refractivity contribution in [2.45, 2.75) is 25.0 Å². The van der Waals surface area contributed by atoms with Gasteiger partial charge in [0.25, 0.3) is 5.91 Å². The molecular weight excluding hydrogens is 349 g/mol. The molecule has 0 spiro atoms. The third kappa shape index (κ3) is 2.57. The van der Waals surface area contributed by atoms with Crippen molar-refractivity contribution in [2.24, 2.45) is 0 Å². The summed E-state index contributed by atoms with van der Waals surface area (Å²) in [5, 5.41) is 6.28. The Morgan fingerprint density at radius 2 is 1.88 bits per heavy atom. The third-order valence-corrected chi connectivity index (χ3v) is 5.71. The summed E-state index contributed by atoms with van der Waals surface area (Å²) < 4.78 is 13.2. The monoisotopic (exact) mass is 365 g/mol. The number of hydrogen-bond donors (Lipinski definition) is 1. The molecule has 1 amide bonds. The number of benzene rings is 2. The highest BCUT2D eigenvalue weighted by Crippen LogP contribution is 2.41. The van der Waals surface area contributed by atoms with E-state index >= 15 is 0 Å². The van der Waals surface area contributed by atoms with Crippen LogP contribution in [-0.4, -0.2) is 21.8 Å². The van der Waals surface area contributed by atoms with Gasteiger partial charge in [0.2, 0.25) is 0 Å². The quantitative estimate of drug-likeness (QED) is 0.733. The Morgan fingerprint density at radius 1 is 1.12 bits per heavy atom. The largest absolute Gasteiger partial charge is 0.359 e. The van der Waals surface area contributed by atoms with E-state index < -0.39 is 0 Å². The number of hydrogen-bond acceptors (Lipinski definition) is 4. The number of anilines is 1. The predicted molar refractivity (Wildman–Crippen MR) is 99.5 cm³/mol. The van der Waals surface area contributed by atoms with Gasteiger partial charge in [0, 0.05) is 22.7 Å². The van der Waals surface area contributed by atoms with Gasteiger partial charge in [-0.1, -0.05) is 12.1 Å². The summed E-state index contributed by atoms with van der Waals surface area (Å²) in [4.78, 5) is 19.7. The minimum atomic E-state index is -0.268. The topological polar surface area (TPSA) is 45.2 Å². The number of carbonyl (C=O) groups excluding carboxylic acids is 1. The molecule has 2 heterocycles. The summed E-state index contributed by atoms with van der Waals surface area (Å²) in [6.07, 6.45) is 1.79. The molecule has 0 radical (unpaired) electrons. The molecule has 2 aromatic carbocycles. The van der Waals surface area contributed by atoms with Gasteiger partial charge < -0.3 is 10.2 Å². The second kappa shape index (κ2) is 5.92. The number of halogens is 1. The lowest BCUT2D eigenvalue weighted by Gasteiger charge is -2.37. The molecule has 6 heteroatoms. The van der Waals surface area contributed by atoms with Crippen LogP contribution in [0.5, 0.6) is 0 Å². The molecule has 1 aliphatic carbocycles. The maximum atomic E-state index is 13.2. The molecule has 2 aliphatic rings. The van der Waals surface area contributed by atoms with E-state index in [0.29, 0.717) is 5.56 Å². The van der Waals surface area contributed by atoms with E-state index in [2.05, 4.69) is 5.32 Å². The van der Waals surface area contributed by atoms with Gasteiger partial charge in [-0.25, -0.2) is 9.37 Å². The van der Waals surface area contributed by atoms with Crippen LogP contribution < -0.4 is 5.32 Å². The van der Waals surface area contributed by atoms with Crippen LogP contribution in [0, 0.1) is 5.82 Å². The van der Waals surface area contributed by atoms with Gasteiger partial charge in [-0.05, 0) is 49.2 Å². The fourth-order valence-electron chi connectivity index (χ4n) is 3.35. The smallest absolute Gasteiger partial charge is 0.258 e. The summed E-state index contributed by atoms with van der Waals surface area (Å²) in [5.41, 5.74) is 3.26. The van der Waals surface area contributed by atoms with Crippen LogP contribution in [0.1, 0.15) is 35.1 Å². The normalized spacial score (nSPS) is 19.2. The molecule has 0 saturated heterocycles. The van der Waals surface area contributed by atoms with E-state index in [1.54, 1.807) is 12.1 Å². The molecule has 130 valence electrons. The van der Waals surface area contributed by atoms with Gasteiger partial charge >= 0.3 is 0 Å². The second-order valence-corrected chi connectivity index (χ2v) is 7.48. The highest BCUT2D eigenvalue weighted by molar-refractivity contribution is 7.13. The Kier molecular flexibility index (Phi) is 3.53. The molecule has 3 aromatic rings. The third-order valence-electron chi connectivity index (χ3n) is 4.80. The number of rotatable bonds is 3. The first-order chi connectivity index (χ1) is 12.7. The van der Waals surface area contributed by atoms with Crippen LogP contribution in [0.3, 0.4) is 0 Å². The molecule has 1 aliphatic heterocycles. The van der Waals surface area contributed by atoms with Gasteiger partial charge in [-0.2, -0.15) is 0 Å². The number of nitrogens with zero attached hydrogens (tertiary/aromatic N) is 2. The molecular formula is C20H16FN3OS. The molecule has 0 unspecified atom stereocenters. The lowest BCUT2D eigenvalue weighted by Crippen LogP contribution is -2.44. The average Bonchev–Trinajstić information content (AvgIpc) is 3.38. The van der Waals surface area contributed by atoms with Gasteiger partial charge in [0.05, 0.1) is 11.3 Å². The van der Waals surface area contributed by atoms with E-state index in [9.17, 15) is 9.18 Å². The first-order valence-electron chi connectivity index (χ1n) is 8.60. The van der Waals surface area contributed by atoms with Crippen LogP contribution in [0.2, 0.25) is 0 Å².